The van der Waals surface area contributed by atoms with E-state index in [-0.39, 0.29) is 0 Å². The monoisotopic (exact) mass is 243 g/mol. The lowest BCUT2D eigenvalue weighted by Crippen LogP contribution is -2.01. The van der Waals surface area contributed by atoms with Crippen LogP contribution in [-0.4, -0.2) is 15.6 Å². The van der Waals surface area contributed by atoms with Gasteiger partial charge in [0.25, 0.3) is 0 Å². The fourth-order valence-corrected chi connectivity index (χ4v) is 2.04. The van der Waals surface area contributed by atoms with Gasteiger partial charge in [-0.05, 0) is 36.6 Å². The van der Waals surface area contributed by atoms with Crippen LogP contribution in [0.2, 0.25) is 0 Å². The third-order valence-electron chi connectivity index (χ3n) is 3.21. The maximum absolute atomic E-state index is 11.0. The molecule has 0 amide bonds. The third kappa shape index (κ3) is 2.16. The molecule has 0 saturated heterocycles. The van der Waals surface area contributed by atoms with E-state index >= 15 is 0 Å². The van der Waals surface area contributed by atoms with Gasteiger partial charge in [0, 0.05) is 17.6 Å². The highest BCUT2D eigenvalue weighted by atomic mass is 16.4. The molecule has 94 valence electrons. The van der Waals surface area contributed by atoms with E-state index in [0.29, 0.717) is 11.5 Å². The molecule has 0 spiro atoms. The Labute approximate surface area is 107 Å². The largest absolute Gasteiger partial charge is 0.478 e. The highest BCUT2D eigenvalue weighted by Gasteiger charge is 2.12. The minimum atomic E-state index is -0.884. The van der Waals surface area contributed by atoms with Gasteiger partial charge in [0.2, 0.25) is 0 Å². The Morgan fingerprint density at radius 2 is 1.78 bits per heavy atom. The zero-order valence-electron chi connectivity index (χ0n) is 10.8. The molecule has 2 aromatic rings. The highest BCUT2D eigenvalue weighted by molar-refractivity contribution is 5.89. The lowest BCUT2D eigenvalue weighted by Gasteiger charge is -2.09. The van der Waals surface area contributed by atoms with Crippen LogP contribution < -0.4 is 0 Å². The fourth-order valence-electron chi connectivity index (χ4n) is 2.04. The first kappa shape index (κ1) is 12.4. The van der Waals surface area contributed by atoms with E-state index in [1.54, 1.807) is 12.3 Å². The first-order valence-electron chi connectivity index (χ1n) is 6.02. The molecule has 2 rings (SSSR count). The van der Waals surface area contributed by atoms with Crippen molar-refractivity contribution >= 4 is 5.97 Å². The molecule has 0 fully saturated rings. The summed E-state index contributed by atoms with van der Waals surface area (Å²) in [6.45, 7) is 6.12. The van der Waals surface area contributed by atoms with E-state index in [9.17, 15) is 4.79 Å². The van der Waals surface area contributed by atoms with Crippen LogP contribution in [0.15, 0.2) is 36.5 Å². The molecule has 1 aromatic heterocycles. The predicted molar refractivity (Wildman–Crippen MR) is 71.6 cm³/mol. The zero-order chi connectivity index (χ0) is 13.3. The maximum atomic E-state index is 11.0. The van der Waals surface area contributed by atoms with Gasteiger partial charge < -0.3 is 9.67 Å². The van der Waals surface area contributed by atoms with Gasteiger partial charge in [-0.25, -0.2) is 4.79 Å². The van der Waals surface area contributed by atoms with Crippen molar-refractivity contribution in [3.05, 3.63) is 53.3 Å². The van der Waals surface area contributed by atoms with Crippen molar-refractivity contribution < 1.29 is 9.90 Å². The standard InChI is InChI=1S/C15H17NO2/c1-10(2)12-4-6-13(7-5-12)16-9-8-14(11(16)3)15(17)18/h4-10H,1-3H3,(H,17,18). The van der Waals surface area contributed by atoms with E-state index in [0.717, 1.165) is 11.4 Å². The van der Waals surface area contributed by atoms with Gasteiger partial charge in [-0.1, -0.05) is 26.0 Å². The van der Waals surface area contributed by atoms with E-state index in [1.807, 2.05) is 23.6 Å². The second-order valence-corrected chi connectivity index (χ2v) is 4.74. The molecule has 3 heteroatoms. The van der Waals surface area contributed by atoms with Crippen LogP contribution in [0, 0.1) is 6.92 Å². The topological polar surface area (TPSA) is 42.2 Å². The number of carboxylic acid groups (broad SMARTS) is 1. The molecule has 1 N–H and O–H groups in total. The van der Waals surface area contributed by atoms with Gasteiger partial charge in [0.05, 0.1) is 5.56 Å². The Hall–Kier alpha value is -2.03. The second kappa shape index (κ2) is 4.69. The molecule has 3 nitrogen and oxygen atoms in total. The van der Waals surface area contributed by atoms with Gasteiger partial charge in [-0.3, -0.25) is 0 Å². The fraction of sp³-hybridized carbons (Fsp3) is 0.267. The van der Waals surface area contributed by atoms with Gasteiger partial charge in [-0.2, -0.15) is 0 Å². The number of hydrogen-bond acceptors (Lipinski definition) is 1. The molecule has 0 aliphatic rings. The Bertz CT molecular complexity index is 565. The summed E-state index contributed by atoms with van der Waals surface area (Å²) in [5.74, 6) is -0.385. The zero-order valence-corrected chi connectivity index (χ0v) is 10.8. The second-order valence-electron chi connectivity index (χ2n) is 4.74. The van der Waals surface area contributed by atoms with Gasteiger partial charge in [0.1, 0.15) is 0 Å². The number of hydrogen-bond donors (Lipinski definition) is 1. The van der Waals surface area contributed by atoms with Crippen molar-refractivity contribution in [3.63, 3.8) is 0 Å². The molecular formula is C15H17NO2. The summed E-state index contributed by atoms with van der Waals surface area (Å²) in [4.78, 5) is 11.0. The van der Waals surface area contributed by atoms with Crippen LogP contribution in [0.25, 0.3) is 5.69 Å². The molecule has 0 radical (unpaired) electrons. The summed E-state index contributed by atoms with van der Waals surface area (Å²) < 4.78 is 1.90. The molecule has 0 aliphatic heterocycles. The van der Waals surface area contributed by atoms with Gasteiger partial charge >= 0.3 is 5.97 Å². The van der Waals surface area contributed by atoms with Crippen LogP contribution in [0.5, 0.6) is 0 Å². The number of aromatic nitrogens is 1. The average Bonchev–Trinajstić information content (AvgIpc) is 2.71. The summed E-state index contributed by atoms with van der Waals surface area (Å²) in [7, 11) is 0. The number of benzene rings is 1. The van der Waals surface area contributed by atoms with Crippen LogP contribution in [0.4, 0.5) is 0 Å². The Kier molecular flexibility index (Phi) is 3.24. The molecule has 1 aromatic carbocycles. The molecule has 0 bridgehead atoms. The summed E-state index contributed by atoms with van der Waals surface area (Å²) in [5.41, 5.74) is 3.37. The van der Waals surface area contributed by atoms with Crippen molar-refractivity contribution in [2.75, 3.05) is 0 Å². The number of carboxylic acids is 1. The molecule has 0 aliphatic carbocycles. The molecule has 1 heterocycles. The molecular weight excluding hydrogens is 226 g/mol. The van der Waals surface area contributed by atoms with Gasteiger partial charge in [-0.15, -0.1) is 0 Å². The van der Waals surface area contributed by atoms with Crippen LogP contribution in [0.3, 0.4) is 0 Å². The Morgan fingerprint density at radius 3 is 2.22 bits per heavy atom. The molecule has 0 unspecified atom stereocenters. The molecule has 18 heavy (non-hydrogen) atoms. The van der Waals surface area contributed by atoms with E-state index in [2.05, 4.69) is 26.0 Å². The Morgan fingerprint density at radius 1 is 1.17 bits per heavy atom. The third-order valence-corrected chi connectivity index (χ3v) is 3.21. The number of nitrogens with zero attached hydrogens (tertiary/aromatic N) is 1. The van der Waals surface area contributed by atoms with Crippen molar-refractivity contribution in [3.8, 4) is 5.69 Å². The smallest absolute Gasteiger partial charge is 0.337 e. The highest BCUT2D eigenvalue weighted by Crippen LogP contribution is 2.20. The maximum Gasteiger partial charge on any atom is 0.337 e. The van der Waals surface area contributed by atoms with Crippen molar-refractivity contribution in [2.24, 2.45) is 0 Å². The molecule has 0 atom stereocenters. The van der Waals surface area contributed by atoms with Crippen LogP contribution >= 0.6 is 0 Å². The summed E-state index contributed by atoms with van der Waals surface area (Å²) in [6, 6.07) is 9.84. The normalized spacial score (nSPS) is 10.9. The summed E-state index contributed by atoms with van der Waals surface area (Å²) in [5, 5.41) is 9.03. The van der Waals surface area contributed by atoms with Crippen LogP contribution in [0.1, 0.15) is 41.4 Å². The number of aromatic carboxylic acids is 1. The summed E-state index contributed by atoms with van der Waals surface area (Å²) in [6.07, 6.45) is 1.79. The summed E-state index contributed by atoms with van der Waals surface area (Å²) >= 11 is 0. The first-order chi connectivity index (χ1) is 8.50. The van der Waals surface area contributed by atoms with Crippen molar-refractivity contribution in [1.29, 1.82) is 0 Å². The number of rotatable bonds is 3. The predicted octanol–water partition coefficient (Wildman–Crippen LogP) is 3.61. The lowest BCUT2D eigenvalue weighted by molar-refractivity contribution is 0.0696. The van der Waals surface area contributed by atoms with E-state index in [1.165, 1.54) is 5.56 Å². The van der Waals surface area contributed by atoms with Crippen molar-refractivity contribution in [2.45, 2.75) is 26.7 Å². The Balaban J connectivity index is 2.40. The minimum Gasteiger partial charge on any atom is -0.478 e. The average molecular weight is 243 g/mol. The molecule has 0 saturated carbocycles. The lowest BCUT2D eigenvalue weighted by atomic mass is 10.0. The van der Waals surface area contributed by atoms with Gasteiger partial charge in [0.15, 0.2) is 0 Å². The quantitative estimate of drug-likeness (QED) is 0.894. The van der Waals surface area contributed by atoms with E-state index < -0.39 is 5.97 Å². The van der Waals surface area contributed by atoms with E-state index in [4.69, 9.17) is 5.11 Å². The van der Waals surface area contributed by atoms with Crippen LogP contribution in [-0.2, 0) is 0 Å². The number of carbonyl (C=O) groups is 1. The first-order valence-corrected chi connectivity index (χ1v) is 6.02. The minimum absolute atomic E-state index is 0.350. The van der Waals surface area contributed by atoms with Crippen molar-refractivity contribution in [1.82, 2.24) is 4.57 Å². The SMILES string of the molecule is Cc1c(C(=O)O)ccn1-c1ccc(C(C)C)cc1.